The van der Waals surface area contributed by atoms with Gasteiger partial charge in [-0.2, -0.15) is 10.5 Å². The standard InChI is InChI=1S/C16H14N4O/c1-2-21-16-7-13(19)6-15(8-16)20-14-4-3-11(9-17)12(5-14)10-18/h3-8,20H,2,19H2,1H3. The van der Waals surface area contributed by atoms with Crippen molar-refractivity contribution in [1.29, 1.82) is 10.5 Å². The second-order valence-electron chi connectivity index (χ2n) is 4.33. The smallest absolute Gasteiger partial charge is 0.123 e. The van der Waals surface area contributed by atoms with Crippen molar-refractivity contribution in [3.63, 3.8) is 0 Å². The van der Waals surface area contributed by atoms with Gasteiger partial charge in [-0.05, 0) is 31.2 Å². The maximum Gasteiger partial charge on any atom is 0.123 e. The van der Waals surface area contributed by atoms with Gasteiger partial charge in [-0.3, -0.25) is 0 Å². The normalized spacial score (nSPS) is 9.48. The maximum absolute atomic E-state index is 9.03. The van der Waals surface area contributed by atoms with Crippen LogP contribution in [-0.4, -0.2) is 6.61 Å². The SMILES string of the molecule is CCOc1cc(N)cc(Nc2ccc(C#N)c(C#N)c2)c1. The summed E-state index contributed by atoms with van der Waals surface area (Å²) in [6.07, 6.45) is 0. The van der Waals surface area contributed by atoms with Crippen LogP contribution < -0.4 is 15.8 Å². The first-order chi connectivity index (χ1) is 10.2. The van der Waals surface area contributed by atoms with Crippen molar-refractivity contribution in [2.45, 2.75) is 6.92 Å². The second kappa shape index (κ2) is 6.31. The lowest BCUT2D eigenvalue weighted by molar-refractivity contribution is 0.340. The maximum atomic E-state index is 9.03. The van der Waals surface area contributed by atoms with Crippen LogP contribution in [0.4, 0.5) is 17.1 Å². The van der Waals surface area contributed by atoms with Gasteiger partial charge < -0.3 is 15.8 Å². The molecule has 2 rings (SSSR count). The first kappa shape index (κ1) is 14.2. The zero-order valence-corrected chi connectivity index (χ0v) is 11.6. The van der Waals surface area contributed by atoms with Gasteiger partial charge in [0.2, 0.25) is 0 Å². The van der Waals surface area contributed by atoms with Gasteiger partial charge >= 0.3 is 0 Å². The third-order valence-corrected chi connectivity index (χ3v) is 2.79. The molecule has 5 nitrogen and oxygen atoms in total. The number of anilines is 3. The Balaban J connectivity index is 2.30. The van der Waals surface area contributed by atoms with Crippen molar-refractivity contribution in [1.82, 2.24) is 0 Å². The fraction of sp³-hybridized carbons (Fsp3) is 0.125. The van der Waals surface area contributed by atoms with Crippen LogP contribution in [-0.2, 0) is 0 Å². The number of nitrogens with one attached hydrogen (secondary N) is 1. The molecule has 0 amide bonds. The summed E-state index contributed by atoms with van der Waals surface area (Å²) in [6.45, 7) is 2.45. The topological polar surface area (TPSA) is 94.9 Å². The Morgan fingerprint density at radius 3 is 2.48 bits per heavy atom. The molecule has 0 saturated heterocycles. The Bertz CT molecular complexity index is 741. The van der Waals surface area contributed by atoms with E-state index in [1.165, 1.54) is 0 Å². The predicted molar refractivity (Wildman–Crippen MR) is 81.2 cm³/mol. The average Bonchev–Trinajstić information content (AvgIpc) is 2.46. The largest absolute Gasteiger partial charge is 0.494 e. The van der Waals surface area contributed by atoms with Crippen LogP contribution in [0.3, 0.4) is 0 Å². The van der Waals surface area contributed by atoms with Crippen molar-refractivity contribution in [3.8, 4) is 17.9 Å². The Kier molecular flexibility index (Phi) is 4.28. The summed E-state index contributed by atoms with van der Waals surface area (Å²) in [5, 5.41) is 21.1. The molecule has 0 saturated carbocycles. The highest BCUT2D eigenvalue weighted by Crippen LogP contribution is 2.26. The third kappa shape index (κ3) is 3.43. The number of benzene rings is 2. The zero-order valence-electron chi connectivity index (χ0n) is 11.6. The van der Waals surface area contributed by atoms with Gasteiger partial charge in [-0.1, -0.05) is 0 Å². The molecule has 5 heteroatoms. The zero-order chi connectivity index (χ0) is 15.2. The van der Waals surface area contributed by atoms with Crippen molar-refractivity contribution in [3.05, 3.63) is 47.5 Å². The van der Waals surface area contributed by atoms with Crippen molar-refractivity contribution < 1.29 is 4.74 Å². The van der Waals surface area contributed by atoms with Crippen LogP contribution in [0, 0.1) is 22.7 Å². The number of ether oxygens (including phenoxy) is 1. The fourth-order valence-electron chi connectivity index (χ4n) is 1.92. The van der Waals surface area contributed by atoms with E-state index in [1.54, 1.807) is 30.3 Å². The molecule has 2 aromatic carbocycles. The predicted octanol–water partition coefficient (Wildman–Crippen LogP) is 3.15. The average molecular weight is 278 g/mol. The minimum Gasteiger partial charge on any atom is -0.494 e. The van der Waals surface area contributed by atoms with Gasteiger partial charge in [0.15, 0.2) is 0 Å². The van der Waals surface area contributed by atoms with E-state index in [-0.39, 0.29) is 0 Å². The molecule has 0 aliphatic rings. The van der Waals surface area contributed by atoms with Gasteiger partial charge in [0.25, 0.3) is 0 Å². The highest BCUT2D eigenvalue weighted by atomic mass is 16.5. The van der Waals surface area contributed by atoms with Gasteiger partial charge in [0.05, 0.1) is 17.7 Å². The number of nitrogen functional groups attached to an aromatic ring is 1. The van der Waals surface area contributed by atoms with Crippen molar-refractivity contribution >= 4 is 17.1 Å². The van der Waals surface area contributed by atoms with Gasteiger partial charge in [-0.25, -0.2) is 0 Å². The Morgan fingerprint density at radius 2 is 1.81 bits per heavy atom. The second-order valence-corrected chi connectivity index (χ2v) is 4.33. The molecule has 21 heavy (non-hydrogen) atoms. The third-order valence-electron chi connectivity index (χ3n) is 2.79. The lowest BCUT2D eigenvalue weighted by atomic mass is 10.1. The molecule has 0 atom stereocenters. The summed E-state index contributed by atoms with van der Waals surface area (Å²) >= 11 is 0. The molecule has 0 aliphatic heterocycles. The molecule has 2 aromatic rings. The number of nitriles is 2. The Morgan fingerprint density at radius 1 is 1.05 bits per heavy atom. The minimum atomic E-state index is 0.330. The number of rotatable bonds is 4. The first-order valence-electron chi connectivity index (χ1n) is 6.41. The monoisotopic (exact) mass is 278 g/mol. The minimum absolute atomic E-state index is 0.330. The highest BCUT2D eigenvalue weighted by Gasteiger charge is 2.05. The summed E-state index contributed by atoms with van der Waals surface area (Å²) in [5.41, 5.74) is 8.56. The lowest BCUT2D eigenvalue weighted by Gasteiger charge is -2.11. The van der Waals surface area contributed by atoms with Gasteiger partial charge in [0, 0.05) is 29.2 Å². The van der Waals surface area contributed by atoms with Crippen LogP contribution in [0.25, 0.3) is 0 Å². The van der Waals surface area contributed by atoms with Crippen LogP contribution >= 0.6 is 0 Å². The molecular weight excluding hydrogens is 264 g/mol. The molecule has 0 aromatic heterocycles. The molecule has 0 radical (unpaired) electrons. The van der Waals surface area contributed by atoms with E-state index in [0.717, 1.165) is 5.69 Å². The van der Waals surface area contributed by atoms with E-state index < -0.39 is 0 Å². The van der Waals surface area contributed by atoms with E-state index >= 15 is 0 Å². The lowest BCUT2D eigenvalue weighted by Crippen LogP contribution is -1.97. The van der Waals surface area contributed by atoms with Crippen LogP contribution in [0.15, 0.2) is 36.4 Å². The number of hydrogen-bond donors (Lipinski definition) is 2. The fourth-order valence-corrected chi connectivity index (χ4v) is 1.92. The van der Waals surface area contributed by atoms with E-state index in [0.29, 0.717) is 34.9 Å². The molecule has 3 N–H and O–H groups in total. The van der Waals surface area contributed by atoms with E-state index in [9.17, 15) is 0 Å². The van der Waals surface area contributed by atoms with Crippen LogP contribution in [0.1, 0.15) is 18.1 Å². The van der Waals surface area contributed by atoms with E-state index in [2.05, 4.69) is 5.32 Å². The van der Waals surface area contributed by atoms with E-state index in [1.807, 2.05) is 25.1 Å². The van der Waals surface area contributed by atoms with Gasteiger partial charge in [0.1, 0.15) is 17.9 Å². The van der Waals surface area contributed by atoms with Crippen molar-refractivity contribution in [2.75, 3.05) is 17.7 Å². The quantitative estimate of drug-likeness (QED) is 0.837. The Hall–Kier alpha value is -3.18. The molecule has 0 spiro atoms. The number of hydrogen-bond acceptors (Lipinski definition) is 5. The van der Waals surface area contributed by atoms with Gasteiger partial charge in [-0.15, -0.1) is 0 Å². The first-order valence-corrected chi connectivity index (χ1v) is 6.41. The summed E-state index contributed by atoms with van der Waals surface area (Å²) in [7, 11) is 0. The summed E-state index contributed by atoms with van der Waals surface area (Å²) in [6, 6.07) is 14.3. The number of nitrogens with two attached hydrogens (primary N) is 1. The molecule has 0 bridgehead atoms. The summed E-state index contributed by atoms with van der Waals surface area (Å²) in [4.78, 5) is 0. The van der Waals surface area contributed by atoms with Crippen LogP contribution in [0.5, 0.6) is 5.75 Å². The molecule has 0 fully saturated rings. The summed E-state index contributed by atoms with van der Waals surface area (Å²) in [5.74, 6) is 0.675. The molecule has 0 aliphatic carbocycles. The molecule has 104 valence electrons. The van der Waals surface area contributed by atoms with E-state index in [4.69, 9.17) is 21.0 Å². The molecule has 0 heterocycles. The highest BCUT2D eigenvalue weighted by molar-refractivity contribution is 5.68. The van der Waals surface area contributed by atoms with Crippen molar-refractivity contribution in [2.24, 2.45) is 0 Å². The molecular formula is C16H14N4O. The Labute approximate surface area is 123 Å². The van der Waals surface area contributed by atoms with Crippen LogP contribution in [0.2, 0.25) is 0 Å². The summed E-state index contributed by atoms with van der Waals surface area (Å²) < 4.78 is 5.43. The molecule has 0 unspecified atom stereocenters. The number of nitrogens with zero attached hydrogens (tertiary/aromatic N) is 2.